The molecule has 28 heavy (non-hydrogen) atoms. The van der Waals surface area contributed by atoms with Crippen molar-refractivity contribution in [3.05, 3.63) is 52.5 Å². The van der Waals surface area contributed by atoms with Gasteiger partial charge in [0.1, 0.15) is 0 Å². The van der Waals surface area contributed by atoms with Crippen LogP contribution in [0.15, 0.2) is 51.8 Å². The second-order valence-corrected chi connectivity index (χ2v) is 9.58. The normalized spacial score (nSPS) is 16.6. The minimum absolute atomic E-state index is 0.0607. The lowest BCUT2D eigenvalue weighted by atomic mass is 10.1. The summed E-state index contributed by atoms with van der Waals surface area (Å²) in [5.41, 5.74) is 1.93. The van der Waals surface area contributed by atoms with Gasteiger partial charge in [-0.2, -0.15) is 0 Å². The number of carbonyl (C=O) groups is 1. The van der Waals surface area contributed by atoms with Gasteiger partial charge in [-0.1, -0.05) is 39.4 Å². The topological polar surface area (TPSA) is 42.4 Å². The monoisotopic (exact) mass is 476 g/mol. The number of rotatable bonds is 6. The van der Waals surface area contributed by atoms with Crippen LogP contribution in [0, 0.1) is 0 Å². The molecule has 1 amide bonds. The number of halogens is 1. The van der Waals surface area contributed by atoms with Crippen LogP contribution in [0.1, 0.15) is 18.4 Å². The Morgan fingerprint density at radius 3 is 2.86 bits per heavy atom. The molecule has 0 radical (unpaired) electrons. The zero-order chi connectivity index (χ0) is 19.5. The third-order valence-electron chi connectivity index (χ3n) is 4.80. The largest absolute Gasteiger partial charge is 0.376 e. The van der Waals surface area contributed by atoms with Crippen LogP contribution in [0.5, 0.6) is 0 Å². The van der Waals surface area contributed by atoms with Gasteiger partial charge in [0.15, 0.2) is 5.13 Å². The molecule has 1 aliphatic rings. The maximum atomic E-state index is 13.2. The summed E-state index contributed by atoms with van der Waals surface area (Å²) >= 11 is 6.76. The van der Waals surface area contributed by atoms with E-state index in [1.807, 2.05) is 35.2 Å². The fourth-order valence-electron chi connectivity index (χ4n) is 3.29. The van der Waals surface area contributed by atoms with E-state index >= 15 is 0 Å². The van der Waals surface area contributed by atoms with E-state index < -0.39 is 0 Å². The van der Waals surface area contributed by atoms with Crippen molar-refractivity contribution in [2.45, 2.75) is 30.3 Å². The highest BCUT2D eigenvalue weighted by molar-refractivity contribution is 9.10. The van der Waals surface area contributed by atoms with E-state index in [2.05, 4.69) is 34.3 Å². The third-order valence-corrected chi connectivity index (χ3v) is 7.07. The van der Waals surface area contributed by atoms with Crippen LogP contribution < -0.4 is 4.90 Å². The lowest BCUT2D eigenvalue weighted by molar-refractivity contribution is -0.118. The van der Waals surface area contributed by atoms with E-state index in [4.69, 9.17) is 9.72 Å². The van der Waals surface area contributed by atoms with Crippen LogP contribution in [-0.4, -0.2) is 36.4 Å². The highest BCUT2D eigenvalue weighted by atomic mass is 79.9. The Balaban J connectivity index is 1.60. The lowest BCUT2D eigenvalue weighted by Gasteiger charge is -2.23. The summed E-state index contributed by atoms with van der Waals surface area (Å²) in [5.74, 6) is 0.0607. The Morgan fingerprint density at radius 2 is 2.14 bits per heavy atom. The average Bonchev–Trinajstić information content (AvgIpc) is 3.35. The SMILES string of the molecule is CSc1ccc(CC(=O)N(CC2CCCO2)c2nc3ccc(Br)cc3s2)cc1. The van der Waals surface area contributed by atoms with E-state index in [0.29, 0.717) is 13.0 Å². The van der Waals surface area contributed by atoms with Gasteiger partial charge in [-0.3, -0.25) is 9.69 Å². The minimum atomic E-state index is 0.0607. The van der Waals surface area contributed by atoms with Gasteiger partial charge >= 0.3 is 0 Å². The summed E-state index contributed by atoms with van der Waals surface area (Å²) in [7, 11) is 0. The number of thioether (sulfide) groups is 1. The first-order chi connectivity index (χ1) is 13.6. The molecule has 2 heterocycles. The number of anilines is 1. The molecule has 3 aromatic rings. The van der Waals surface area contributed by atoms with Crippen LogP contribution in [0.2, 0.25) is 0 Å². The number of ether oxygens (including phenoxy) is 1. The van der Waals surface area contributed by atoms with Crippen molar-refractivity contribution in [1.82, 2.24) is 4.98 Å². The molecule has 0 spiro atoms. The number of carbonyl (C=O) groups excluding carboxylic acids is 1. The van der Waals surface area contributed by atoms with Crippen molar-refractivity contribution in [2.75, 3.05) is 24.3 Å². The molecule has 2 aromatic carbocycles. The number of aromatic nitrogens is 1. The zero-order valence-corrected chi connectivity index (χ0v) is 18.8. The van der Waals surface area contributed by atoms with Gasteiger partial charge in [-0.05, 0) is 55.0 Å². The second-order valence-electron chi connectivity index (χ2n) is 6.77. The molecular weight excluding hydrogens is 456 g/mol. The quantitative estimate of drug-likeness (QED) is 0.438. The van der Waals surface area contributed by atoms with Gasteiger partial charge in [0.2, 0.25) is 5.91 Å². The van der Waals surface area contributed by atoms with Crippen molar-refractivity contribution in [1.29, 1.82) is 0 Å². The molecular formula is C21H21BrN2O2S2. The minimum Gasteiger partial charge on any atom is -0.376 e. The van der Waals surface area contributed by atoms with Crippen molar-refractivity contribution >= 4 is 60.3 Å². The highest BCUT2D eigenvalue weighted by Crippen LogP contribution is 2.32. The first-order valence-corrected chi connectivity index (χ1v) is 12.1. The molecule has 1 aliphatic heterocycles. The molecule has 7 heteroatoms. The van der Waals surface area contributed by atoms with Crippen LogP contribution >= 0.6 is 39.0 Å². The zero-order valence-electron chi connectivity index (χ0n) is 15.6. The Bertz CT molecular complexity index is 968. The molecule has 0 aliphatic carbocycles. The number of nitrogens with zero attached hydrogens (tertiary/aromatic N) is 2. The summed E-state index contributed by atoms with van der Waals surface area (Å²) in [6.07, 6.45) is 4.54. The summed E-state index contributed by atoms with van der Waals surface area (Å²) in [6.45, 7) is 1.33. The number of thiazole rings is 1. The molecule has 1 aromatic heterocycles. The molecule has 1 unspecified atom stereocenters. The molecule has 4 rings (SSSR count). The molecule has 0 bridgehead atoms. The van der Waals surface area contributed by atoms with Crippen molar-refractivity contribution in [3.8, 4) is 0 Å². The first kappa shape index (κ1) is 19.9. The molecule has 0 saturated carbocycles. The standard InChI is InChI=1S/C21H21BrN2O2S2/c1-27-17-7-4-14(5-8-17)11-20(25)24(13-16-3-2-10-26-16)21-23-18-9-6-15(22)12-19(18)28-21/h4-9,12,16H,2-3,10-11,13H2,1H3. The second kappa shape index (κ2) is 8.95. The Labute approximate surface area is 181 Å². The summed E-state index contributed by atoms with van der Waals surface area (Å²) in [5, 5.41) is 0.745. The molecule has 4 nitrogen and oxygen atoms in total. The first-order valence-electron chi connectivity index (χ1n) is 9.23. The Morgan fingerprint density at radius 1 is 1.32 bits per heavy atom. The van der Waals surface area contributed by atoms with Gasteiger partial charge in [-0.15, -0.1) is 11.8 Å². The predicted molar refractivity (Wildman–Crippen MR) is 121 cm³/mol. The molecule has 1 saturated heterocycles. The van der Waals surface area contributed by atoms with E-state index in [0.717, 1.165) is 44.8 Å². The van der Waals surface area contributed by atoms with Crippen molar-refractivity contribution < 1.29 is 9.53 Å². The average molecular weight is 477 g/mol. The van der Waals surface area contributed by atoms with E-state index in [-0.39, 0.29) is 12.0 Å². The smallest absolute Gasteiger partial charge is 0.233 e. The highest BCUT2D eigenvalue weighted by Gasteiger charge is 2.26. The molecule has 1 atom stereocenters. The molecule has 1 fully saturated rings. The number of fused-ring (bicyclic) bond motifs is 1. The van der Waals surface area contributed by atoms with Gasteiger partial charge in [0.25, 0.3) is 0 Å². The maximum Gasteiger partial charge on any atom is 0.233 e. The summed E-state index contributed by atoms with van der Waals surface area (Å²) < 4.78 is 7.88. The summed E-state index contributed by atoms with van der Waals surface area (Å²) in [4.78, 5) is 21.0. The van der Waals surface area contributed by atoms with Gasteiger partial charge in [0, 0.05) is 16.0 Å². The van der Waals surface area contributed by atoms with Gasteiger partial charge < -0.3 is 4.74 Å². The number of hydrogen-bond donors (Lipinski definition) is 0. The number of amides is 1. The third kappa shape index (κ3) is 4.59. The maximum absolute atomic E-state index is 13.2. The number of hydrogen-bond acceptors (Lipinski definition) is 5. The fraction of sp³-hybridized carbons (Fsp3) is 0.333. The molecule has 0 N–H and O–H groups in total. The van der Waals surface area contributed by atoms with Crippen LogP contribution in [0.25, 0.3) is 10.2 Å². The van der Waals surface area contributed by atoms with Gasteiger partial charge in [-0.25, -0.2) is 4.98 Å². The summed E-state index contributed by atoms with van der Waals surface area (Å²) in [6, 6.07) is 14.2. The van der Waals surface area contributed by atoms with E-state index in [1.165, 1.54) is 4.90 Å². The van der Waals surface area contributed by atoms with E-state index in [9.17, 15) is 4.79 Å². The predicted octanol–water partition coefficient (Wildman–Crippen LogP) is 5.54. The Hall–Kier alpha value is -1.41. The van der Waals surface area contributed by atoms with E-state index in [1.54, 1.807) is 23.1 Å². The van der Waals surface area contributed by atoms with Crippen molar-refractivity contribution in [3.63, 3.8) is 0 Å². The van der Waals surface area contributed by atoms with Crippen LogP contribution in [0.4, 0.5) is 5.13 Å². The fourth-order valence-corrected chi connectivity index (χ4v) is 5.25. The number of benzene rings is 2. The van der Waals surface area contributed by atoms with Crippen molar-refractivity contribution in [2.24, 2.45) is 0 Å². The van der Waals surface area contributed by atoms with Crippen LogP contribution in [0.3, 0.4) is 0 Å². The van der Waals surface area contributed by atoms with Gasteiger partial charge in [0.05, 0.1) is 29.3 Å². The van der Waals surface area contributed by atoms with Crippen LogP contribution in [-0.2, 0) is 16.0 Å². The lowest BCUT2D eigenvalue weighted by Crippen LogP contribution is -2.38. The molecule has 146 valence electrons. The Kier molecular flexibility index (Phi) is 6.35.